The van der Waals surface area contributed by atoms with E-state index in [2.05, 4.69) is 4.98 Å². The van der Waals surface area contributed by atoms with Crippen molar-refractivity contribution in [1.29, 1.82) is 0 Å². The van der Waals surface area contributed by atoms with Gasteiger partial charge < -0.3 is 14.7 Å². The van der Waals surface area contributed by atoms with Crippen molar-refractivity contribution >= 4 is 28.8 Å². The van der Waals surface area contributed by atoms with Crippen LogP contribution >= 0.6 is 22.9 Å². The summed E-state index contributed by atoms with van der Waals surface area (Å²) in [6.45, 7) is 4.51. The molecule has 1 aromatic heterocycles. The zero-order valence-corrected chi connectivity index (χ0v) is 21.2. The van der Waals surface area contributed by atoms with Gasteiger partial charge in [0.05, 0.1) is 24.9 Å². The third-order valence-corrected chi connectivity index (χ3v) is 6.89. The van der Waals surface area contributed by atoms with E-state index in [0.717, 1.165) is 21.7 Å². The van der Waals surface area contributed by atoms with E-state index < -0.39 is 0 Å². The molecule has 0 fully saturated rings. The van der Waals surface area contributed by atoms with Gasteiger partial charge in [-0.15, -0.1) is 11.3 Å². The van der Waals surface area contributed by atoms with Crippen molar-refractivity contribution in [2.75, 3.05) is 0 Å². The van der Waals surface area contributed by atoms with Gasteiger partial charge in [-0.25, -0.2) is 4.98 Å². The van der Waals surface area contributed by atoms with Gasteiger partial charge in [0.2, 0.25) is 0 Å². The second-order valence-electron chi connectivity index (χ2n) is 8.32. The summed E-state index contributed by atoms with van der Waals surface area (Å²) in [5.74, 6) is 0.567. The molecule has 0 saturated carbocycles. The van der Waals surface area contributed by atoms with E-state index in [-0.39, 0.29) is 25.2 Å². The Hall–Kier alpha value is -3.19. The van der Waals surface area contributed by atoms with Crippen molar-refractivity contribution in [2.24, 2.45) is 0 Å². The van der Waals surface area contributed by atoms with E-state index in [1.807, 2.05) is 90.9 Å². The van der Waals surface area contributed by atoms with Crippen molar-refractivity contribution in [2.45, 2.75) is 39.6 Å². The number of aromatic nitrogens is 1. The van der Waals surface area contributed by atoms with Gasteiger partial charge in [-0.05, 0) is 49.7 Å². The maximum Gasteiger partial charge on any atom is 0.254 e. The van der Waals surface area contributed by atoms with E-state index in [1.54, 1.807) is 6.07 Å². The molecule has 1 atom stereocenters. The minimum Gasteiger partial charge on any atom is -0.486 e. The summed E-state index contributed by atoms with van der Waals surface area (Å²) in [6, 6.07) is 22.8. The van der Waals surface area contributed by atoms with E-state index in [9.17, 15) is 9.90 Å². The van der Waals surface area contributed by atoms with E-state index >= 15 is 0 Å². The highest BCUT2D eigenvalue weighted by atomic mass is 35.5. The number of carbonyl (C=O) groups excluding carboxylic acids is 1. The number of carbonyl (C=O) groups is 1. The van der Waals surface area contributed by atoms with Gasteiger partial charge in [0.15, 0.2) is 0 Å². The quantitative estimate of drug-likeness (QED) is 0.278. The number of ether oxygens (including phenoxy) is 1. The zero-order chi connectivity index (χ0) is 24.8. The number of nitrogens with zero attached hydrogens (tertiary/aromatic N) is 2. The van der Waals surface area contributed by atoms with Crippen LogP contribution in [-0.2, 0) is 19.8 Å². The number of benzene rings is 3. The van der Waals surface area contributed by atoms with E-state index in [0.29, 0.717) is 28.6 Å². The smallest absolute Gasteiger partial charge is 0.254 e. The predicted molar refractivity (Wildman–Crippen MR) is 140 cm³/mol. The largest absolute Gasteiger partial charge is 0.486 e. The summed E-state index contributed by atoms with van der Waals surface area (Å²) in [7, 11) is 0. The number of thiazole rings is 1. The van der Waals surface area contributed by atoms with Crippen LogP contribution in [0.1, 0.15) is 50.7 Å². The van der Waals surface area contributed by atoms with Crippen LogP contribution in [0.4, 0.5) is 0 Å². The van der Waals surface area contributed by atoms with Gasteiger partial charge in [-0.2, -0.15) is 0 Å². The molecule has 1 heterocycles. The van der Waals surface area contributed by atoms with Crippen LogP contribution in [0.5, 0.6) is 5.75 Å². The Labute approximate surface area is 214 Å². The van der Waals surface area contributed by atoms with Crippen LogP contribution in [0.2, 0.25) is 5.02 Å². The van der Waals surface area contributed by atoms with Gasteiger partial charge >= 0.3 is 0 Å². The van der Waals surface area contributed by atoms with Gasteiger partial charge in [-0.1, -0.05) is 59.6 Å². The fourth-order valence-corrected chi connectivity index (χ4v) is 4.67. The summed E-state index contributed by atoms with van der Waals surface area (Å²) in [5, 5.41) is 12.4. The van der Waals surface area contributed by atoms with Crippen LogP contribution in [0.3, 0.4) is 0 Å². The molecule has 35 heavy (non-hydrogen) atoms. The molecular weight excluding hydrogens is 480 g/mol. The summed E-state index contributed by atoms with van der Waals surface area (Å²) in [4.78, 5) is 19.9. The number of hydrogen-bond acceptors (Lipinski definition) is 5. The molecule has 5 nitrogen and oxygen atoms in total. The second kappa shape index (κ2) is 11.5. The second-order valence-corrected chi connectivity index (χ2v) is 9.70. The Morgan fingerprint density at radius 2 is 1.86 bits per heavy atom. The van der Waals surface area contributed by atoms with Crippen LogP contribution in [0.15, 0.2) is 78.2 Å². The number of aryl methyl sites for hydroxylation is 1. The van der Waals surface area contributed by atoms with Crippen molar-refractivity contribution in [3.63, 3.8) is 0 Å². The molecule has 0 aliphatic rings. The molecule has 0 aliphatic heterocycles. The number of aliphatic hydroxyl groups is 1. The standard InChI is InChI=1S/C28H27ClN2O3S/c1-19-8-10-22(11-9-19)28(33)31(20(2)21-6-4-3-5-7-21)15-23-14-24(29)12-13-26(23)34-17-27-30-25(16-32)18-35-27/h3-14,18,20,32H,15-17H2,1-2H3. The number of aliphatic hydroxyl groups excluding tert-OH is 1. The lowest BCUT2D eigenvalue weighted by atomic mass is 10.0. The summed E-state index contributed by atoms with van der Waals surface area (Å²) in [6.07, 6.45) is 0. The first kappa shape index (κ1) is 24.9. The fraction of sp³-hybridized carbons (Fsp3) is 0.214. The van der Waals surface area contributed by atoms with Crippen molar-refractivity contribution in [1.82, 2.24) is 9.88 Å². The SMILES string of the molecule is Cc1ccc(C(=O)N(Cc2cc(Cl)ccc2OCc2nc(CO)cs2)C(C)c2ccccc2)cc1. The van der Waals surface area contributed by atoms with Crippen molar-refractivity contribution in [3.8, 4) is 5.75 Å². The maximum atomic E-state index is 13.7. The third kappa shape index (κ3) is 6.28. The molecule has 4 aromatic rings. The third-order valence-electron chi connectivity index (χ3n) is 5.78. The number of hydrogen-bond donors (Lipinski definition) is 1. The highest BCUT2D eigenvalue weighted by Gasteiger charge is 2.24. The number of rotatable bonds is 9. The Morgan fingerprint density at radius 3 is 2.54 bits per heavy atom. The van der Waals surface area contributed by atoms with Gasteiger partial charge in [0.1, 0.15) is 17.4 Å². The summed E-state index contributed by atoms with van der Waals surface area (Å²) >= 11 is 7.79. The molecule has 0 spiro atoms. The summed E-state index contributed by atoms with van der Waals surface area (Å²) in [5.41, 5.74) is 4.19. The van der Waals surface area contributed by atoms with Crippen LogP contribution < -0.4 is 4.74 Å². The molecule has 0 bridgehead atoms. The molecular formula is C28H27ClN2O3S. The van der Waals surface area contributed by atoms with Crippen molar-refractivity contribution < 1.29 is 14.6 Å². The number of amides is 1. The lowest BCUT2D eigenvalue weighted by Gasteiger charge is -2.30. The molecule has 0 aliphatic carbocycles. The molecule has 1 unspecified atom stereocenters. The maximum absolute atomic E-state index is 13.7. The summed E-state index contributed by atoms with van der Waals surface area (Å²) < 4.78 is 6.09. The molecule has 3 aromatic carbocycles. The Balaban J connectivity index is 1.64. The van der Waals surface area contributed by atoms with Crippen molar-refractivity contribution in [3.05, 3.63) is 116 Å². The Bertz CT molecular complexity index is 1280. The molecule has 0 radical (unpaired) electrons. The molecule has 1 amide bonds. The van der Waals surface area contributed by atoms with Gasteiger partial charge in [-0.3, -0.25) is 4.79 Å². The lowest BCUT2D eigenvalue weighted by molar-refractivity contribution is 0.0672. The van der Waals surface area contributed by atoms with E-state index in [1.165, 1.54) is 11.3 Å². The number of halogens is 1. The average Bonchev–Trinajstić information content (AvgIpc) is 3.35. The first-order valence-electron chi connectivity index (χ1n) is 11.3. The molecule has 4 rings (SSSR count). The topological polar surface area (TPSA) is 62.7 Å². The normalized spacial score (nSPS) is 11.8. The Kier molecular flexibility index (Phi) is 8.18. The first-order valence-corrected chi connectivity index (χ1v) is 12.6. The monoisotopic (exact) mass is 506 g/mol. The predicted octanol–water partition coefficient (Wildman–Crippen LogP) is 6.58. The van der Waals surface area contributed by atoms with Crippen LogP contribution in [0.25, 0.3) is 0 Å². The van der Waals surface area contributed by atoms with Crippen LogP contribution in [0, 0.1) is 6.92 Å². The minimum atomic E-state index is -0.178. The average molecular weight is 507 g/mol. The van der Waals surface area contributed by atoms with E-state index in [4.69, 9.17) is 16.3 Å². The minimum absolute atomic E-state index is 0.0696. The lowest BCUT2D eigenvalue weighted by Crippen LogP contribution is -2.33. The first-order chi connectivity index (χ1) is 16.9. The van der Waals surface area contributed by atoms with Gasteiger partial charge in [0, 0.05) is 21.5 Å². The highest BCUT2D eigenvalue weighted by molar-refractivity contribution is 7.09. The molecule has 1 N–H and O–H groups in total. The van der Waals surface area contributed by atoms with Gasteiger partial charge in [0.25, 0.3) is 5.91 Å². The molecule has 180 valence electrons. The van der Waals surface area contributed by atoms with Crippen LogP contribution in [-0.4, -0.2) is 20.9 Å². The fourth-order valence-electron chi connectivity index (χ4n) is 3.78. The Morgan fingerprint density at radius 1 is 1.11 bits per heavy atom. The zero-order valence-electron chi connectivity index (χ0n) is 19.6. The molecule has 0 saturated heterocycles. The highest BCUT2D eigenvalue weighted by Crippen LogP contribution is 2.30. The molecule has 7 heteroatoms.